The van der Waals surface area contributed by atoms with Crippen molar-refractivity contribution in [2.45, 2.75) is 89.7 Å². The van der Waals surface area contributed by atoms with Crippen molar-refractivity contribution >= 4 is 41.1 Å². The smallest absolute Gasteiger partial charge is 0.255 e. The number of nitrogens with one attached hydrogen (secondary N) is 5. The lowest BCUT2D eigenvalue weighted by molar-refractivity contribution is -0.134. The van der Waals surface area contributed by atoms with Gasteiger partial charge in [-0.05, 0) is 37.1 Å². The summed E-state index contributed by atoms with van der Waals surface area (Å²) >= 11 is 6.22. The molecule has 15 nitrogen and oxygen atoms in total. The molecule has 2 heterocycles. The van der Waals surface area contributed by atoms with Crippen molar-refractivity contribution in [3.05, 3.63) is 76.6 Å². The van der Waals surface area contributed by atoms with Crippen molar-refractivity contribution in [1.29, 1.82) is 0 Å². The Bertz CT molecular complexity index is 1650. The number of halogens is 1. The lowest BCUT2D eigenvalue weighted by atomic mass is 10.0. The summed E-state index contributed by atoms with van der Waals surface area (Å²) in [6, 6.07) is 10.4. The molecule has 5 amide bonds. The maximum atomic E-state index is 13.4. The zero-order chi connectivity index (χ0) is 36.8. The zero-order valence-corrected chi connectivity index (χ0v) is 29.4. The average molecular weight is 725 g/mol. The summed E-state index contributed by atoms with van der Waals surface area (Å²) in [5.41, 5.74) is 1.45. The van der Waals surface area contributed by atoms with Crippen LogP contribution < -0.4 is 31.3 Å². The number of hydrogen-bond donors (Lipinski definition) is 6. The number of carbonyl (C=O) groups is 5. The number of rotatable bonds is 6. The van der Waals surface area contributed by atoms with E-state index in [0.717, 1.165) is 12.0 Å². The summed E-state index contributed by atoms with van der Waals surface area (Å²) in [7, 11) is 0. The fraction of sp³-hybridized carbons (Fsp3) is 0.457. The van der Waals surface area contributed by atoms with Crippen molar-refractivity contribution in [2.75, 3.05) is 13.2 Å². The maximum Gasteiger partial charge on any atom is 0.255 e. The molecule has 0 fully saturated rings. The van der Waals surface area contributed by atoms with Gasteiger partial charge in [0.15, 0.2) is 0 Å². The van der Waals surface area contributed by atoms with E-state index in [9.17, 15) is 29.1 Å². The number of benzene rings is 2. The predicted octanol–water partition coefficient (Wildman–Crippen LogP) is 1.42. The van der Waals surface area contributed by atoms with Crippen molar-refractivity contribution in [3.63, 3.8) is 0 Å². The van der Waals surface area contributed by atoms with E-state index in [4.69, 9.17) is 16.3 Å². The molecule has 6 N–H and O–H groups in total. The Morgan fingerprint density at radius 1 is 0.980 bits per heavy atom. The largest absolute Gasteiger partial charge is 0.493 e. The first-order valence-electron chi connectivity index (χ1n) is 17.0. The molecule has 0 saturated carbocycles. The highest BCUT2D eigenvalue weighted by Crippen LogP contribution is 2.24. The van der Waals surface area contributed by atoms with Gasteiger partial charge in [-0.1, -0.05) is 66.9 Å². The number of aryl methyl sites for hydroxylation is 1. The highest BCUT2D eigenvalue weighted by Gasteiger charge is 2.30. The minimum absolute atomic E-state index is 0.0268. The summed E-state index contributed by atoms with van der Waals surface area (Å²) in [4.78, 5) is 66.3. The molecular weight excluding hydrogens is 680 g/mol. The number of ether oxygens (including phenoxy) is 1. The van der Waals surface area contributed by atoms with Crippen LogP contribution in [-0.2, 0) is 38.7 Å². The standard InChI is InChI=1S/C35H45ClN8O7/c1-3-4-11-27-33(48)37-15-14-30(46)41-31(22(2)45)35(50)40-28(18-23-9-6-5-7-10-23)34(49)38-20-25-21-44(43-42-25)16-8-17-51-29-19-24(36)12-13-26(29)32(47)39-27/h5-7,9-10,12-13,19,21-22,27-28,31,45H,3-4,8,11,14-18,20H2,1-2H3,(H,37,48)(H,38,49)(H,39,47)(H,40,50)(H,41,46)/t22-,27+,28-,31+/m1/s1. The fourth-order valence-electron chi connectivity index (χ4n) is 5.35. The Morgan fingerprint density at radius 3 is 2.49 bits per heavy atom. The van der Waals surface area contributed by atoms with Crippen molar-refractivity contribution < 1.29 is 33.8 Å². The monoisotopic (exact) mass is 724 g/mol. The molecule has 4 atom stereocenters. The molecular formula is C35H45ClN8O7. The SMILES string of the molecule is CCCC[C@@H]1NC(=O)c2ccc(Cl)cc2OCCCn2cc(nn2)CNC(=O)[C@@H](Cc2ccccc2)NC(=O)[C@H]([C@@H](C)O)NC(=O)CCNC1=O. The summed E-state index contributed by atoms with van der Waals surface area (Å²) in [5.74, 6) is -2.65. The quantitative estimate of drug-likeness (QED) is 0.217. The Hall–Kier alpha value is -5.02. The van der Waals surface area contributed by atoms with Crippen LogP contribution in [0.2, 0.25) is 5.02 Å². The van der Waals surface area contributed by atoms with Gasteiger partial charge in [0.1, 0.15) is 29.6 Å². The minimum atomic E-state index is -1.39. The number of amides is 5. The lowest BCUT2D eigenvalue weighted by Gasteiger charge is -2.25. The van der Waals surface area contributed by atoms with E-state index in [1.807, 2.05) is 37.3 Å². The molecule has 16 heteroatoms. The third kappa shape index (κ3) is 12.1. The average Bonchev–Trinajstić information content (AvgIpc) is 3.57. The second kappa shape index (κ2) is 19.4. The lowest BCUT2D eigenvalue weighted by Crippen LogP contribution is -2.57. The molecule has 2 bridgehead atoms. The molecule has 1 aromatic heterocycles. The van der Waals surface area contributed by atoms with Gasteiger partial charge in [0.2, 0.25) is 23.6 Å². The molecule has 0 aliphatic carbocycles. The van der Waals surface area contributed by atoms with E-state index in [0.29, 0.717) is 36.5 Å². The van der Waals surface area contributed by atoms with E-state index in [-0.39, 0.29) is 43.9 Å². The molecule has 4 rings (SSSR count). The predicted molar refractivity (Wildman–Crippen MR) is 188 cm³/mol. The van der Waals surface area contributed by atoms with Crippen LogP contribution in [0.5, 0.6) is 5.75 Å². The van der Waals surface area contributed by atoms with E-state index < -0.39 is 53.8 Å². The second-order valence-corrected chi connectivity index (χ2v) is 12.7. The Labute approximate surface area is 301 Å². The fourth-order valence-corrected chi connectivity index (χ4v) is 5.51. The van der Waals surface area contributed by atoms with Crippen LogP contribution in [0.3, 0.4) is 0 Å². The molecule has 0 radical (unpaired) electrons. The van der Waals surface area contributed by atoms with Crippen molar-refractivity contribution in [1.82, 2.24) is 41.6 Å². The number of fused-ring (bicyclic) bond motifs is 3. The topological polar surface area (TPSA) is 206 Å². The first kappa shape index (κ1) is 38.8. The van der Waals surface area contributed by atoms with E-state index in [1.165, 1.54) is 19.1 Å². The number of aromatic nitrogens is 3. The van der Waals surface area contributed by atoms with Gasteiger partial charge in [0.25, 0.3) is 5.91 Å². The molecule has 0 unspecified atom stereocenters. The van der Waals surface area contributed by atoms with Crippen LogP contribution in [0.15, 0.2) is 54.7 Å². The molecule has 2 aromatic carbocycles. The van der Waals surface area contributed by atoms with Gasteiger partial charge in [-0.2, -0.15) is 0 Å². The van der Waals surface area contributed by atoms with Gasteiger partial charge in [0, 0.05) is 37.4 Å². The Kier molecular flexibility index (Phi) is 14.7. The van der Waals surface area contributed by atoms with Gasteiger partial charge in [-0.15, -0.1) is 5.10 Å². The normalized spacial score (nSPS) is 20.9. The highest BCUT2D eigenvalue weighted by atomic mass is 35.5. The van der Waals surface area contributed by atoms with Crippen molar-refractivity contribution in [3.8, 4) is 5.75 Å². The van der Waals surface area contributed by atoms with Crippen LogP contribution in [0, 0.1) is 0 Å². The molecule has 0 saturated heterocycles. The van der Waals surface area contributed by atoms with Crippen LogP contribution >= 0.6 is 11.6 Å². The first-order valence-corrected chi connectivity index (χ1v) is 17.4. The maximum absolute atomic E-state index is 13.4. The molecule has 1 aliphatic heterocycles. The minimum Gasteiger partial charge on any atom is -0.493 e. The summed E-state index contributed by atoms with van der Waals surface area (Å²) in [6.07, 6.45) is 2.56. The first-order chi connectivity index (χ1) is 24.5. The second-order valence-electron chi connectivity index (χ2n) is 12.3. The van der Waals surface area contributed by atoms with E-state index >= 15 is 0 Å². The number of unbranched alkanes of at least 4 members (excludes halogenated alkanes) is 1. The zero-order valence-electron chi connectivity index (χ0n) is 28.7. The number of aliphatic hydroxyl groups is 1. The van der Waals surface area contributed by atoms with Gasteiger partial charge in [0.05, 0.1) is 31.0 Å². The third-order valence-corrected chi connectivity index (χ3v) is 8.36. The summed E-state index contributed by atoms with van der Waals surface area (Å²) in [6.45, 7) is 3.86. The van der Waals surface area contributed by atoms with Crippen LogP contribution in [0.4, 0.5) is 0 Å². The van der Waals surface area contributed by atoms with Crippen LogP contribution in [0.1, 0.15) is 67.6 Å². The number of nitrogens with zero attached hydrogens (tertiary/aromatic N) is 3. The molecule has 3 aromatic rings. The van der Waals surface area contributed by atoms with Crippen molar-refractivity contribution in [2.24, 2.45) is 0 Å². The van der Waals surface area contributed by atoms with E-state index in [1.54, 1.807) is 16.9 Å². The molecule has 1 aliphatic rings. The van der Waals surface area contributed by atoms with Crippen LogP contribution in [0.25, 0.3) is 0 Å². The van der Waals surface area contributed by atoms with Gasteiger partial charge in [-0.25, -0.2) is 0 Å². The van der Waals surface area contributed by atoms with E-state index in [2.05, 4.69) is 36.9 Å². The summed E-state index contributed by atoms with van der Waals surface area (Å²) in [5, 5.41) is 32.5. The number of carbonyl (C=O) groups excluding carboxylic acids is 5. The highest BCUT2D eigenvalue weighted by molar-refractivity contribution is 6.30. The molecule has 274 valence electrons. The van der Waals surface area contributed by atoms with Gasteiger partial charge >= 0.3 is 0 Å². The Balaban J connectivity index is 1.56. The number of aliphatic hydroxyl groups excluding tert-OH is 1. The van der Waals surface area contributed by atoms with Gasteiger partial charge in [-0.3, -0.25) is 28.7 Å². The van der Waals surface area contributed by atoms with Gasteiger partial charge < -0.3 is 36.4 Å². The third-order valence-electron chi connectivity index (χ3n) is 8.12. The van der Waals surface area contributed by atoms with Crippen LogP contribution in [-0.4, -0.2) is 87.0 Å². The summed E-state index contributed by atoms with van der Waals surface area (Å²) < 4.78 is 7.53. The Morgan fingerprint density at radius 2 is 1.75 bits per heavy atom. The molecule has 0 spiro atoms. The molecule has 51 heavy (non-hydrogen) atoms. The number of hydrogen-bond acceptors (Lipinski definition) is 9.